The molecule has 1 atom stereocenters. The first-order valence-corrected chi connectivity index (χ1v) is 7.43. The monoisotopic (exact) mass is 294 g/mol. The number of halogens is 2. The van der Waals surface area contributed by atoms with Gasteiger partial charge in [0.25, 0.3) is 0 Å². The predicted molar refractivity (Wildman–Crippen MR) is 77.4 cm³/mol. The summed E-state index contributed by atoms with van der Waals surface area (Å²) in [6.45, 7) is 2.10. The van der Waals surface area contributed by atoms with Gasteiger partial charge in [0.05, 0.1) is 23.0 Å². The van der Waals surface area contributed by atoms with Crippen molar-refractivity contribution in [2.75, 3.05) is 0 Å². The van der Waals surface area contributed by atoms with Crippen molar-refractivity contribution >= 4 is 34.0 Å². The molecule has 0 fully saturated rings. The molecule has 19 heavy (non-hydrogen) atoms. The number of imidazole rings is 1. The smallest absolute Gasteiger partial charge is 0.125 e. The summed E-state index contributed by atoms with van der Waals surface area (Å²) in [5.41, 5.74) is 2.77. The van der Waals surface area contributed by atoms with Gasteiger partial charge in [-0.15, -0.1) is 11.6 Å². The summed E-state index contributed by atoms with van der Waals surface area (Å²) in [4.78, 5) is 4.42. The van der Waals surface area contributed by atoms with Crippen molar-refractivity contribution in [2.45, 2.75) is 18.8 Å². The SMILES string of the molecule is CC(c1ccsc1)n1c(CCl)nc2cc(F)ccc21. The second kappa shape index (κ2) is 4.94. The molecule has 0 spiro atoms. The zero-order chi connectivity index (χ0) is 13.4. The minimum absolute atomic E-state index is 0.135. The van der Waals surface area contributed by atoms with Crippen molar-refractivity contribution in [3.05, 3.63) is 52.2 Å². The highest BCUT2D eigenvalue weighted by molar-refractivity contribution is 7.07. The number of aromatic nitrogens is 2. The highest BCUT2D eigenvalue weighted by Crippen LogP contribution is 2.28. The number of benzene rings is 1. The zero-order valence-corrected chi connectivity index (χ0v) is 11.9. The number of hydrogen-bond donors (Lipinski definition) is 0. The first kappa shape index (κ1) is 12.6. The molecule has 2 nitrogen and oxygen atoms in total. The lowest BCUT2D eigenvalue weighted by Crippen LogP contribution is -2.09. The molecule has 3 rings (SSSR count). The van der Waals surface area contributed by atoms with Crippen LogP contribution in [-0.4, -0.2) is 9.55 Å². The molecule has 5 heteroatoms. The van der Waals surface area contributed by atoms with Crippen LogP contribution in [0.15, 0.2) is 35.0 Å². The highest BCUT2D eigenvalue weighted by Gasteiger charge is 2.17. The molecule has 0 bridgehead atoms. The number of nitrogens with zero attached hydrogens (tertiary/aromatic N) is 2. The van der Waals surface area contributed by atoms with Crippen LogP contribution >= 0.6 is 22.9 Å². The standard InChI is InChI=1S/C14H12ClFN2S/c1-9(10-4-5-19-8-10)18-13-3-2-11(16)6-12(13)17-14(18)7-15/h2-6,8-9H,7H2,1H3. The van der Waals surface area contributed by atoms with E-state index in [-0.39, 0.29) is 11.9 Å². The number of thiophene rings is 1. The molecule has 0 amide bonds. The molecule has 98 valence electrons. The summed E-state index contributed by atoms with van der Waals surface area (Å²) in [5.74, 6) is 0.799. The molecule has 0 saturated carbocycles. The van der Waals surface area contributed by atoms with Gasteiger partial charge < -0.3 is 4.57 Å². The van der Waals surface area contributed by atoms with E-state index in [9.17, 15) is 4.39 Å². The maximum absolute atomic E-state index is 13.3. The van der Waals surface area contributed by atoms with E-state index in [0.29, 0.717) is 11.4 Å². The lowest BCUT2D eigenvalue weighted by molar-refractivity contribution is 0.626. The van der Waals surface area contributed by atoms with Crippen molar-refractivity contribution in [2.24, 2.45) is 0 Å². The Morgan fingerprint density at radius 3 is 2.95 bits per heavy atom. The first-order valence-electron chi connectivity index (χ1n) is 5.95. The average molecular weight is 295 g/mol. The molecular weight excluding hydrogens is 283 g/mol. The Kier molecular flexibility index (Phi) is 3.29. The van der Waals surface area contributed by atoms with E-state index in [1.165, 1.54) is 17.7 Å². The van der Waals surface area contributed by atoms with Crippen LogP contribution in [0.5, 0.6) is 0 Å². The van der Waals surface area contributed by atoms with Crippen LogP contribution in [0, 0.1) is 5.82 Å². The van der Waals surface area contributed by atoms with E-state index in [1.54, 1.807) is 17.4 Å². The Bertz CT molecular complexity index is 706. The lowest BCUT2D eigenvalue weighted by atomic mass is 10.1. The molecule has 3 aromatic rings. The molecule has 2 heterocycles. The molecule has 0 aliphatic carbocycles. The summed E-state index contributed by atoms with van der Waals surface area (Å²) in [5, 5.41) is 4.16. The van der Waals surface area contributed by atoms with Gasteiger partial charge in [-0.05, 0) is 41.4 Å². The zero-order valence-electron chi connectivity index (χ0n) is 10.3. The van der Waals surface area contributed by atoms with E-state index in [1.807, 2.05) is 5.38 Å². The van der Waals surface area contributed by atoms with Crippen molar-refractivity contribution < 1.29 is 4.39 Å². The third-order valence-corrected chi connectivity index (χ3v) is 4.20. The van der Waals surface area contributed by atoms with Gasteiger partial charge in [-0.1, -0.05) is 0 Å². The van der Waals surface area contributed by atoms with Crippen LogP contribution in [0.1, 0.15) is 24.4 Å². The van der Waals surface area contributed by atoms with Gasteiger partial charge in [-0.3, -0.25) is 0 Å². The summed E-state index contributed by atoms with van der Waals surface area (Å²) in [6, 6.07) is 6.89. The third-order valence-electron chi connectivity index (χ3n) is 3.26. The molecule has 1 aromatic carbocycles. The van der Waals surface area contributed by atoms with Crippen LogP contribution in [0.4, 0.5) is 4.39 Å². The molecule has 0 saturated heterocycles. The van der Waals surface area contributed by atoms with E-state index in [0.717, 1.165) is 11.3 Å². The lowest BCUT2D eigenvalue weighted by Gasteiger charge is -2.15. The maximum atomic E-state index is 13.3. The largest absolute Gasteiger partial charge is 0.320 e. The Morgan fingerprint density at radius 1 is 1.42 bits per heavy atom. The van der Waals surface area contributed by atoms with Crippen molar-refractivity contribution in [1.82, 2.24) is 9.55 Å². The van der Waals surface area contributed by atoms with E-state index < -0.39 is 0 Å². The maximum Gasteiger partial charge on any atom is 0.125 e. The number of hydrogen-bond acceptors (Lipinski definition) is 2. The minimum Gasteiger partial charge on any atom is -0.320 e. The molecule has 2 aromatic heterocycles. The van der Waals surface area contributed by atoms with E-state index in [4.69, 9.17) is 11.6 Å². The Morgan fingerprint density at radius 2 is 2.26 bits per heavy atom. The second-order valence-corrected chi connectivity index (χ2v) is 5.44. The summed E-state index contributed by atoms with van der Waals surface area (Å²) >= 11 is 7.63. The van der Waals surface area contributed by atoms with Crippen LogP contribution < -0.4 is 0 Å². The van der Waals surface area contributed by atoms with Gasteiger partial charge in [-0.25, -0.2) is 9.37 Å². The summed E-state index contributed by atoms with van der Waals surface area (Å²) < 4.78 is 15.3. The molecule has 1 unspecified atom stereocenters. The number of fused-ring (bicyclic) bond motifs is 1. The van der Waals surface area contributed by atoms with E-state index in [2.05, 4.69) is 27.9 Å². The van der Waals surface area contributed by atoms with Gasteiger partial charge in [0.1, 0.15) is 11.6 Å². The van der Waals surface area contributed by atoms with Crippen molar-refractivity contribution in [1.29, 1.82) is 0 Å². The topological polar surface area (TPSA) is 17.8 Å². The Balaban J connectivity index is 2.21. The van der Waals surface area contributed by atoms with Crippen LogP contribution in [0.25, 0.3) is 11.0 Å². The molecular formula is C14H12ClFN2S. The van der Waals surface area contributed by atoms with Crippen molar-refractivity contribution in [3.63, 3.8) is 0 Å². The Hall–Kier alpha value is -1.39. The van der Waals surface area contributed by atoms with Gasteiger partial charge in [-0.2, -0.15) is 11.3 Å². The molecule has 0 N–H and O–H groups in total. The van der Waals surface area contributed by atoms with Crippen LogP contribution in [-0.2, 0) is 5.88 Å². The quantitative estimate of drug-likeness (QED) is 0.646. The fourth-order valence-electron chi connectivity index (χ4n) is 2.31. The highest BCUT2D eigenvalue weighted by atomic mass is 35.5. The fourth-order valence-corrected chi connectivity index (χ4v) is 3.25. The normalized spacial score (nSPS) is 13.0. The van der Waals surface area contributed by atoms with Crippen LogP contribution in [0.3, 0.4) is 0 Å². The van der Waals surface area contributed by atoms with Gasteiger partial charge >= 0.3 is 0 Å². The third kappa shape index (κ3) is 2.15. The Labute approximate surface area is 119 Å². The van der Waals surface area contributed by atoms with Gasteiger partial charge in [0.2, 0.25) is 0 Å². The predicted octanol–water partition coefficient (Wildman–Crippen LogP) is 4.59. The molecule has 0 aliphatic rings. The number of alkyl halides is 1. The van der Waals surface area contributed by atoms with Crippen LogP contribution in [0.2, 0.25) is 0 Å². The average Bonchev–Trinajstić information content (AvgIpc) is 3.04. The van der Waals surface area contributed by atoms with Gasteiger partial charge in [0, 0.05) is 6.07 Å². The summed E-state index contributed by atoms with van der Waals surface area (Å²) in [7, 11) is 0. The van der Waals surface area contributed by atoms with Crippen molar-refractivity contribution in [3.8, 4) is 0 Å². The number of rotatable bonds is 3. The summed E-state index contributed by atoms with van der Waals surface area (Å²) in [6.07, 6.45) is 0. The van der Waals surface area contributed by atoms with E-state index >= 15 is 0 Å². The van der Waals surface area contributed by atoms with Gasteiger partial charge in [0.15, 0.2) is 0 Å². The minimum atomic E-state index is -0.276. The molecule has 0 radical (unpaired) electrons. The molecule has 0 aliphatic heterocycles. The first-order chi connectivity index (χ1) is 9.20. The fraction of sp³-hybridized carbons (Fsp3) is 0.214. The second-order valence-electron chi connectivity index (χ2n) is 4.40.